The van der Waals surface area contributed by atoms with Crippen molar-refractivity contribution in [3.8, 4) is 16.9 Å². The third-order valence-corrected chi connectivity index (χ3v) is 4.43. The Morgan fingerprint density at radius 2 is 2.00 bits per heavy atom. The molecule has 0 amide bonds. The van der Waals surface area contributed by atoms with Gasteiger partial charge >= 0.3 is 0 Å². The predicted molar refractivity (Wildman–Crippen MR) is 97.6 cm³/mol. The third-order valence-electron chi connectivity index (χ3n) is 4.10. The molecule has 1 saturated heterocycles. The summed E-state index contributed by atoms with van der Waals surface area (Å²) in [6.07, 6.45) is 6.97. The fraction of sp³-hybridized carbons (Fsp3) is 0.368. The third kappa shape index (κ3) is 4.19. The largest absolute Gasteiger partial charge is 0.493 e. The van der Waals surface area contributed by atoms with Crippen LogP contribution < -0.4 is 9.64 Å². The molecule has 24 heavy (non-hydrogen) atoms. The maximum absolute atomic E-state index is 8.86. The van der Waals surface area contributed by atoms with Gasteiger partial charge in [-0.15, -0.1) is 0 Å². The fourth-order valence-electron chi connectivity index (χ4n) is 2.81. The van der Waals surface area contributed by atoms with Crippen LogP contribution in [0.25, 0.3) is 11.1 Å². The molecule has 1 N–H and O–H groups in total. The van der Waals surface area contributed by atoms with E-state index in [2.05, 4.69) is 22.4 Å². The number of nitrogens with zero attached hydrogens (tertiary/aromatic N) is 2. The molecule has 0 aliphatic carbocycles. The SMILES string of the molecule is OCCCOc1ccc(Cl)c(-c2ccnc(N3CC[CH]CC3)c2)c1. The minimum atomic E-state index is 0.126. The van der Waals surface area contributed by atoms with Crippen molar-refractivity contribution < 1.29 is 9.84 Å². The molecule has 0 atom stereocenters. The number of halogens is 1. The lowest BCUT2D eigenvalue weighted by atomic mass is 10.1. The van der Waals surface area contributed by atoms with Gasteiger partial charge in [-0.25, -0.2) is 4.98 Å². The quantitative estimate of drug-likeness (QED) is 0.805. The summed E-state index contributed by atoms with van der Waals surface area (Å²) in [5.74, 6) is 1.75. The van der Waals surface area contributed by atoms with E-state index in [-0.39, 0.29) is 6.61 Å². The van der Waals surface area contributed by atoms with Gasteiger partial charge in [0, 0.05) is 42.9 Å². The van der Waals surface area contributed by atoms with Gasteiger partial charge in [-0.05, 0) is 55.2 Å². The number of aliphatic hydroxyl groups is 1. The van der Waals surface area contributed by atoms with Crippen molar-refractivity contribution in [3.63, 3.8) is 0 Å². The summed E-state index contributed by atoms with van der Waals surface area (Å²) in [4.78, 5) is 6.82. The number of piperidine rings is 1. The zero-order chi connectivity index (χ0) is 16.8. The average Bonchev–Trinajstić information content (AvgIpc) is 2.64. The van der Waals surface area contributed by atoms with Crippen LogP contribution in [0.3, 0.4) is 0 Å². The van der Waals surface area contributed by atoms with Gasteiger partial charge in [0.25, 0.3) is 0 Å². The Morgan fingerprint density at radius 1 is 1.17 bits per heavy atom. The molecule has 0 bridgehead atoms. The number of aromatic nitrogens is 1. The van der Waals surface area contributed by atoms with Crippen LogP contribution in [-0.2, 0) is 0 Å². The first kappa shape index (κ1) is 17.1. The summed E-state index contributed by atoms with van der Waals surface area (Å²) in [5.41, 5.74) is 1.97. The van der Waals surface area contributed by atoms with Crippen LogP contribution in [0.2, 0.25) is 5.02 Å². The van der Waals surface area contributed by atoms with Crippen LogP contribution in [0.15, 0.2) is 36.5 Å². The van der Waals surface area contributed by atoms with Crippen molar-refractivity contribution in [2.75, 3.05) is 31.2 Å². The van der Waals surface area contributed by atoms with Gasteiger partial charge in [0.2, 0.25) is 0 Å². The van der Waals surface area contributed by atoms with Crippen molar-refractivity contribution in [2.24, 2.45) is 0 Å². The highest BCUT2D eigenvalue weighted by atomic mass is 35.5. The standard InChI is InChI=1S/C19H22ClN2O2/c20-18-6-5-16(24-12-4-11-23)14-17(18)15-7-8-21-19(13-15)22-9-2-1-3-10-22/h1,5-8,13-14,23H,2-4,9-12H2. The number of rotatable bonds is 6. The number of anilines is 1. The van der Waals surface area contributed by atoms with E-state index in [1.54, 1.807) is 0 Å². The van der Waals surface area contributed by atoms with Gasteiger partial charge in [-0.2, -0.15) is 0 Å². The van der Waals surface area contributed by atoms with Gasteiger partial charge < -0.3 is 14.7 Å². The van der Waals surface area contributed by atoms with Gasteiger partial charge in [0.1, 0.15) is 11.6 Å². The molecule has 3 rings (SSSR count). The normalized spacial score (nSPS) is 14.7. The second kappa shape index (κ2) is 8.36. The Labute approximate surface area is 148 Å². The summed E-state index contributed by atoms with van der Waals surface area (Å²) in [6.45, 7) is 2.63. The Balaban J connectivity index is 1.83. The Hall–Kier alpha value is -1.78. The van der Waals surface area contributed by atoms with Crippen LogP contribution in [0.5, 0.6) is 5.75 Å². The van der Waals surface area contributed by atoms with E-state index >= 15 is 0 Å². The number of pyridine rings is 1. The molecule has 2 aromatic rings. The van der Waals surface area contributed by atoms with E-state index < -0.39 is 0 Å². The van der Waals surface area contributed by atoms with Gasteiger partial charge in [-0.3, -0.25) is 0 Å². The van der Waals surface area contributed by atoms with Gasteiger partial charge in [0.15, 0.2) is 0 Å². The average molecular weight is 346 g/mol. The molecule has 1 aromatic heterocycles. The Kier molecular flexibility index (Phi) is 5.94. The van der Waals surface area contributed by atoms with Crippen LogP contribution in [-0.4, -0.2) is 36.4 Å². The van der Waals surface area contributed by atoms with Crippen LogP contribution in [0, 0.1) is 6.42 Å². The summed E-state index contributed by atoms with van der Waals surface area (Å²) >= 11 is 6.40. The van der Waals surface area contributed by atoms with Gasteiger partial charge in [-0.1, -0.05) is 11.6 Å². The molecule has 0 saturated carbocycles. The smallest absolute Gasteiger partial charge is 0.129 e. The second-order valence-electron chi connectivity index (χ2n) is 5.82. The molecule has 1 aromatic carbocycles. The van der Waals surface area contributed by atoms with E-state index in [9.17, 15) is 0 Å². The van der Waals surface area contributed by atoms with Crippen molar-refractivity contribution in [1.29, 1.82) is 0 Å². The highest BCUT2D eigenvalue weighted by Gasteiger charge is 2.14. The van der Waals surface area contributed by atoms with Crippen LogP contribution >= 0.6 is 11.6 Å². The highest BCUT2D eigenvalue weighted by Crippen LogP contribution is 2.33. The molecule has 1 radical (unpaired) electrons. The molecule has 4 nitrogen and oxygen atoms in total. The summed E-state index contributed by atoms with van der Waals surface area (Å²) in [5, 5.41) is 9.55. The van der Waals surface area contributed by atoms with E-state index in [1.807, 2.05) is 30.5 Å². The zero-order valence-corrected chi connectivity index (χ0v) is 14.4. The summed E-state index contributed by atoms with van der Waals surface area (Å²) in [6, 6.07) is 9.71. The van der Waals surface area contributed by atoms with Crippen LogP contribution in [0.4, 0.5) is 5.82 Å². The van der Waals surface area contributed by atoms with Crippen molar-refractivity contribution in [1.82, 2.24) is 4.98 Å². The molecule has 127 valence electrons. The zero-order valence-electron chi connectivity index (χ0n) is 13.6. The molecule has 1 fully saturated rings. The fourth-order valence-corrected chi connectivity index (χ4v) is 3.03. The predicted octanol–water partition coefficient (Wildman–Crippen LogP) is 3.97. The molecular formula is C19H22ClN2O2. The molecular weight excluding hydrogens is 324 g/mol. The highest BCUT2D eigenvalue weighted by molar-refractivity contribution is 6.33. The topological polar surface area (TPSA) is 45.6 Å². The minimum Gasteiger partial charge on any atom is -0.493 e. The molecule has 0 spiro atoms. The summed E-state index contributed by atoms with van der Waals surface area (Å²) < 4.78 is 5.66. The van der Waals surface area contributed by atoms with E-state index in [0.29, 0.717) is 18.1 Å². The van der Waals surface area contributed by atoms with Gasteiger partial charge in [0.05, 0.1) is 6.61 Å². The number of hydrogen-bond donors (Lipinski definition) is 1. The number of aliphatic hydroxyl groups excluding tert-OH is 1. The minimum absolute atomic E-state index is 0.126. The van der Waals surface area contributed by atoms with Crippen LogP contribution in [0.1, 0.15) is 19.3 Å². The Bertz CT molecular complexity index is 672. The van der Waals surface area contributed by atoms with E-state index in [0.717, 1.165) is 48.6 Å². The molecule has 0 unspecified atom stereocenters. The lowest BCUT2D eigenvalue weighted by molar-refractivity contribution is 0.233. The number of hydrogen-bond acceptors (Lipinski definition) is 4. The first-order valence-electron chi connectivity index (χ1n) is 8.34. The maximum Gasteiger partial charge on any atom is 0.129 e. The van der Waals surface area contributed by atoms with Crippen molar-refractivity contribution in [3.05, 3.63) is 48.0 Å². The van der Waals surface area contributed by atoms with Crippen molar-refractivity contribution >= 4 is 17.4 Å². The first-order valence-corrected chi connectivity index (χ1v) is 8.72. The Morgan fingerprint density at radius 3 is 2.79 bits per heavy atom. The molecule has 1 aliphatic rings. The number of ether oxygens (including phenoxy) is 1. The maximum atomic E-state index is 8.86. The molecule has 5 heteroatoms. The number of benzene rings is 1. The molecule has 1 aliphatic heterocycles. The molecule has 2 heterocycles. The summed E-state index contributed by atoms with van der Waals surface area (Å²) in [7, 11) is 0. The lowest BCUT2D eigenvalue weighted by Gasteiger charge is -2.27. The monoisotopic (exact) mass is 345 g/mol. The van der Waals surface area contributed by atoms with Crippen molar-refractivity contribution in [2.45, 2.75) is 19.3 Å². The first-order chi connectivity index (χ1) is 11.8. The van der Waals surface area contributed by atoms with E-state index in [1.165, 1.54) is 0 Å². The lowest BCUT2D eigenvalue weighted by Crippen LogP contribution is -2.30. The van der Waals surface area contributed by atoms with E-state index in [4.69, 9.17) is 21.4 Å². The second-order valence-corrected chi connectivity index (χ2v) is 6.23.